The Bertz CT molecular complexity index is 553. The van der Waals surface area contributed by atoms with E-state index in [0.717, 1.165) is 5.69 Å². The van der Waals surface area contributed by atoms with Crippen LogP contribution in [0.4, 0.5) is 17.1 Å². The largest absolute Gasteiger partial charge is 0.465 e. The molecule has 0 bridgehead atoms. The first-order valence-corrected chi connectivity index (χ1v) is 5.51. The van der Waals surface area contributed by atoms with Crippen molar-refractivity contribution >= 4 is 23.0 Å². The van der Waals surface area contributed by atoms with Gasteiger partial charge in [-0.15, -0.1) is 0 Å². The van der Waals surface area contributed by atoms with Gasteiger partial charge in [0.2, 0.25) is 0 Å². The molecular weight excluding hydrogens is 228 g/mol. The normalized spacial score (nSPS) is 9.83. The second-order valence-corrected chi connectivity index (χ2v) is 3.75. The molecule has 0 atom stereocenters. The number of carbonyl (C=O) groups is 1. The van der Waals surface area contributed by atoms with Crippen LogP contribution in [-0.4, -0.2) is 13.1 Å². The van der Waals surface area contributed by atoms with E-state index < -0.39 is 5.97 Å². The maximum absolute atomic E-state index is 11.5. The lowest BCUT2D eigenvalue weighted by atomic mass is 10.1. The highest BCUT2D eigenvalue weighted by Crippen LogP contribution is 2.26. The number of methoxy groups -OCH3 is 1. The van der Waals surface area contributed by atoms with Crippen molar-refractivity contribution in [2.45, 2.75) is 0 Å². The molecule has 0 aromatic heterocycles. The molecule has 0 amide bonds. The van der Waals surface area contributed by atoms with Gasteiger partial charge in [0.1, 0.15) is 0 Å². The van der Waals surface area contributed by atoms with E-state index in [1.165, 1.54) is 7.11 Å². The molecule has 0 spiro atoms. The molecular formula is C14H14N2O2. The number of nitrogens with one attached hydrogen (secondary N) is 1. The van der Waals surface area contributed by atoms with Gasteiger partial charge < -0.3 is 15.8 Å². The predicted molar refractivity (Wildman–Crippen MR) is 71.9 cm³/mol. The highest BCUT2D eigenvalue weighted by molar-refractivity contribution is 5.98. The molecule has 0 aliphatic heterocycles. The maximum Gasteiger partial charge on any atom is 0.340 e. The third-order valence-corrected chi connectivity index (χ3v) is 2.56. The molecule has 0 aliphatic rings. The van der Waals surface area contributed by atoms with Gasteiger partial charge in [-0.3, -0.25) is 0 Å². The zero-order valence-electron chi connectivity index (χ0n) is 10.0. The van der Waals surface area contributed by atoms with E-state index in [9.17, 15) is 4.79 Å². The first-order valence-electron chi connectivity index (χ1n) is 5.51. The monoisotopic (exact) mass is 242 g/mol. The average Bonchev–Trinajstić information content (AvgIpc) is 2.41. The van der Waals surface area contributed by atoms with Gasteiger partial charge in [-0.05, 0) is 24.3 Å². The lowest BCUT2D eigenvalue weighted by molar-refractivity contribution is 0.0602. The van der Waals surface area contributed by atoms with Gasteiger partial charge in [0, 0.05) is 5.69 Å². The van der Waals surface area contributed by atoms with E-state index in [2.05, 4.69) is 10.1 Å². The van der Waals surface area contributed by atoms with Crippen LogP contribution in [0, 0.1) is 0 Å². The molecule has 92 valence electrons. The minimum Gasteiger partial charge on any atom is -0.465 e. The summed E-state index contributed by atoms with van der Waals surface area (Å²) < 4.78 is 4.68. The number of carbonyl (C=O) groups excluding carboxylic acids is 1. The fourth-order valence-electron chi connectivity index (χ4n) is 1.64. The van der Waals surface area contributed by atoms with E-state index in [0.29, 0.717) is 16.9 Å². The van der Waals surface area contributed by atoms with Crippen molar-refractivity contribution in [3.8, 4) is 0 Å². The molecule has 3 N–H and O–H groups in total. The average molecular weight is 242 g/mol. The summed E-state index contributed by atoms with van der Waals surface area (Å²) in [6.45, 7) is 0. The Balaban J connectivity index is 2.32. The Morgan fingerprint density at radius 2 is 1.83 bits per heavy atom. The van der Waals surface area contributed by atoms with Gasteiger partial charge in [0.15, 0.2) is 0 Å². The van der Waals surface area contributed by atoms with E-state index in [4.69, 9.17) is 5.73 Å². The second-order valence-electron chi connectivity index (χ2n) is 3.75. The van der Waals surface area contributed by atoms with Crippen LogP contribution in [0.15, 0.2) is 48.5 Å². The summed E-state index contributed by atoms with van der Waals surface area (Å²) >= 11 is 0. The lowest BCUT2D eigenvalue weighted by Crippen LogP contribution is -2.07. The van der Waals surface area contributed by atoms with Gasteiger partial charge in [-0.25, -0.2) is 4.79 Å². The van der Waals surface area contributed by atoms with Crippen LogP contribution in [0.1, 0.15) is 10.4 Å². The Labute approximate surface area is 105 Å². The first-order chi connectivity index (χ1) is 8.72. The molecule has 0 saturated carbocycles. The molecule has 2 rings (SSSR count). The van der Waals surface area contributed by atoms with Crippen molar-refractivity contribution < 1.29 is 9.53 Å². The fraction of sp³-hybridized carbons (Fsp3) is 0.0714. The maximum atomic E-state index is 11.5. The number of benzene rings is 2. The van der Waals surface area contributed by atoms with Crippen molar-refractivity contribution in [3.63, 3.8) is 0 Å². The van der Waals surface area contributed by atoms with Crippen LogP contribution in [0.2, 0.25) is 0 Å². The standard InChI is InChI=1S/C14H14N2O2/c1-18-14(17)11-8-5-9-12(13(11)15)16-10-6-3-2-4-7-10/h2-9,16H,15H2,1H3. The van der Waals surface area contributed by atoms with Gasteiger partial charge in [-0.2, -0.15) is 0 Å². The van der Waals surface area contributed by atoms with Crippen molar-refractivity contribution in [1.82, 2.24) is 0 Å². The van der Waals surface area contributed by atoms with Crippen LogP contribution < -0.4 is 11.1 Å². The van der Waals surface area contributed by atoms with Gasteiger partial charge in [0.25, 0.3) is 0 Å². The van der Waals surface area contributed by atoms with Gasteiger partial charge in [-0.1, -0.05) is 24.3 Å². The smallest absolute Gasteiger partial charge is 0.340 e. The summed E-state index contributed by atoms with van der Waals surface area (Å²) in [6, 6.07) is 14.8. The minimum absolute atomic E-state index is 0.360. The fourth-order valence-corrected chi connectivity index (χ4v) is 1.64. The summed E-state index contributed by atoms with van der Waals surface area (Å²) in [5.74, 6) is -0.441. The molecule has 0 heterocycles. The van der Waals surface area contributed by atoms with Gasteiger partial charge >= 0.3 is 5.97 Å². The van der Waals surface area contributed by atoms with Crippen molar-refractivity contribution in [3.05, 3.63) is 54.1 Å². The number of esters is 1. The first kappa shape index (κ1) is 12.0. The molecule has 4 heteroatoms. The number of nitrogens with two attached hydrogens (primary N) is 1. The van der Waals surface area contributed by atoms with E-state index in [1.807, 2.05) is 36.4 Å². The van der Waals surface area contributed by atoms with Gasteiger partial charge in [0.05, 0.1) is 24.0 Å². The van der Waals surface area contributed by atoms with Crippen LogP contribution in [0.5, 0.6) is 0 Å². The number of nitrogen functional groups attached to an aromatic ring is 1. The van der Waals surface area contributed by atoms with Crippen LogP contribution in [0.3, 0.4) is 0 Å². The van der Waals surface area contributed by atoms with Crippen LogP contribution >= 0.6 is 0 Å². The third kappa shape index (κ3) is 2.43. The van der Waals surface area contributed by atoms with E-state index in [-0.39, 0.29) is 0 Å². The quantitative estimate of drug-likeness (QED) is 0.641. The number of hydrogen-bond donors (Lipinski definition) is 2. The van der Waals surface area contributed by atoms with E-state index in [1.54, 1.807) is 12.1 Å². The zero-order chi connectivity index (χ0) is 13.0. The second kappa shape index (κ2) is 5.23. The Morgan fingerprint density at radius 1 is 1.11 bits per heavy atom. The van der Waals surface area contributed by atoms with Crippen LogP contribution in [0.25, 0.3) is 0 Å². The zero-order valence-corrected chi connectivity index (χ0v) is 10.0. The van der Waals surface area contributed by atoms with Crippen molar-refractivity contribution in [2.24, 2.45) is 0 Å². The Morgan fingerprint density at radius 3 is 2.50 bits per heavy atom. The minimum atomic E-state index is -0.441. The molecule has 2 aromatic rings. The molecule has 2 aromatic carbocycles. The number of anilines is 3. The number of hydrogen-bond acceptors (Lipinski definition) is 4. The molecule has 18 heavy (non-hydrogen) atoms. The van der Waals surface area contributed by atoms with Crippen molar-refractivity contribution in [2.75, 3.05) is 18.2 Å². The molecule has 0 saturated heterocycles. The number of rotatable bonds is 3. The highest BCUT2D eigenvalue weighted by Gasteiger charge is 2.12. The molecule has 4 nitrogen and oxygen atoms in total. The third-order valence-electron chi connectivity index (χ3n) is 2.56. The molecule has 0 unspecified atom stereocenters. The summed E-state index contributed by atoms with van der Waals surface area (Å²) in [5, 5.41) is 3.16. The number of ether oxygens (including phenoxy) is 1. The molecule has 0 radical (unpaired) electrons. The summed E-state index contributed by atoms with van der Waals surface area (Å²) in [7, 11) is 1.33. The molecule has 0 aliphatic carbocycles. The lowest BCUT2D eigenvalue weighted by Gasteiger charge is -2.11. The highest BCUT2D eigenvalue weighted by atomic mass is 16.5. The summed E-state index contributed by atoms with van der Waals surface area (Å²) in [5.41, 5.74) is 8.28. The van der Waals surface area contributed by atoms with Crippen molar-refractivity contribution in [1.29, 1.82) is 0 Å². The molecule has 0 fully saturated rings. The summed E-state index contributed by atoms with van der Waals surface area (Å²) in [4.78, 5) is 11.5. The Hall–Kier alpha value is -2.49. The Kier molecular flexibility index (Phi) is 3.48. The number of para-hydroxylation sites is 2. The van der Waals surface area contributed by atoms with E-state index >= 15 is 0 Å². The predicted octanol–water partition coefficient (Wildman–Crippen LogP) is 2.80. The SMILES string of the molecule is COC(=O)c1cccc(Nc2ccccc2)c1N. The van der Waals surface area contributed by atoms with Crippen LogP contribution in [-0.2, 0) is 4.74 Å². The summed E-state index contributed by atoms with van der Waals surface area (Å²) in [6.07, 6.45) is 0. The topological polar surface area (TPSA) is 64.3 Å².